The van der Waals surface area contributed by atoms with Crippen LogP contribution in [-0.4, -0.2) is 11.7 Å². The van der Waals surface area contributed by atoms with E-state index in [0.717, 1.165) is 56.0 Å². The van der Waals surface area contributed by atoms with Crippen LogP contribution in [0.5, 0.6) is 5.75 Å². The Bertz CT molecular complexity index is 2900. The van der Waals surface area contributed by atoms with Gasteiger partial charge in [0.2, 0.25) is 0 Å². The molecule has 0 amide bonds. The van der Waals surface area contributed by atoms with Gasteiger partial charge in [0, 0.05) is 44.3 Å². The Morgan fingerprint density at radius 3 is 1.72 bits per heavy atom. The molecule has 0 saturated carbocycles. The molecule has 0 atom stereocenters. The number of hydrogen-bond donors (Lipinski definition) is 0. The second kappa shape index (κ2) is 12.6. The van der Waals surface area contributed by atoms with Crippen LogP contribution < -0.4 is 9.64 Å². The van der Waals surface area contributed by atoms with E-state index >= 15 is 0 Å². The van der Waals surface area contributed by atoms with Crippen molar-refractivity contribution in [3.63, 3.8) is 0 Å². The average molecular weight is 683 g/mol. The highest BCUT2D eigenvalue weighted by Crippen LogP contribution is 2.41. The fraction of sp³-hybridized carbons (Fsp3) is 0.0204. The van der Waals surface area contributed by atoms with Crippen molar-refractivity contribution < 1.29 is 9.15 Å². The zero-order valence-electron chi connectivity index (χ0n) is 29.1. The van der Waals surface area contributed by atoms with Crippen LogP contribution in [0.15, 0.2) is 192 Å². The van der Waals surface area contributed by atoms with Gasteiger partial charge in [-0.1, -0.05) is 97.1 Å². The molecule has 0 spiro atoms. The van der Waals surface area contributed by atoms with Crippen LogP contribution in [0.25, 0.3) is 71.7 Å². The molecule has 10 rings (SSSR count). The Hall–Kier alpha value is -7.04. The normalized spacial score (nSPS) is 11.5. The number of methoxy groups -OCH3 is 1. The summed E-state index contributed by atoms with van der Waals surface area (Å²) in [6.07, 6.45) is 0. The largest absolute Gasteiger partial charge is 0.497 e. The minimum Gasteiger partial charge on any atom is -0.497 e. The summed E-state index contributed by atoms with van der Waals surface area (Å²) in [4.78, 5) is 2.32. The lowest BCUT2D eigenvalue weighted by Gasteiger charge is -2.26. The highest BCUT2D eigenvalue weighted by molar-refractivity contribution is 6.10. The predicted octanol–water partition coefficient (Wildman–Crippen LogP) is 13.5. The highest BCUT2D eigenvalue weighted by atomic mass is 16.5. The fourth-order valence-electron chi connectivity index (χ4n) is 7.70. The first-order valence-electron chi connectivity index (χ1n) is 17.9. The van der Waals surface area contributed by atoms with Crippen molar-refractivity contribution in [2.45, 2.75) is 0 Å². The number of benzene rings is 8. The first-order valence-corrected chi connectivity index (χ1v) is 17.9. The van der Waals surface area contributed by atoms with Crippen LogP contribution in [-0.2, 0) is 0 Å². The van der Waals surface area contributed by atoms with Gasteiger partial charge in [0.1, 0.15) is 16.9 Å². The van der Waals surface area contributed by atoms with Crippen LogP contribution in [0.2, 0.25) is 0 Å². The summed E-state index contributed by atoms with van der Waals surface area (Å²) in [7, 11) is 1.70. The van der Waals surface area contributed by atoms with Crippen molar-refractivity contribution in [3.05, 3.63) is 188 Å². The molecule has 2 aromatic heterocycles. The van der Waals surface area contributed by atoms with E-state index in [0.29, 0.717) is 0 Å². The third-order valence-corrected chi connectivity index (χ3v) is 10.3. The van der Waals surface area contributed by atoms with Crippen molar-refractivity contribution in [1.29, 1.82) is 0 Å². The van der Waals surface area contributed by atoms with E-state index in [1.54, 1.807) is 7.11 Å². The minimum atomic E-state index is 0.846. The van der Waals surface area contributed by atoms with E-state index in [1.807, 2.05) is 24.3 Å². The van der Waals surface area contributed by atoms with Crippen LogP contribution in [0.1, 0.15) is 0 Å². The van der Waals surface area contributed by atoms with Gasteiger partial charge in [-0.3, -0.25) is 0 Å². The molecule has 4 heteroatoms. The van der Waals surface area contributed by atoms with Gasteiger partial charge >= 0.3 is 0 Å². The Morgan fingerprint density at radius 2 is 0.981 bits per heavy atom. The van der Waals surface area contributed by atoms with Gasteiger partial charge in [-0.2, -0.15) is 0 Å². The Morgan fingerprint density at radius 1 is 0.415 bits per heavy atom. The smallest absolute Gasteiger partial charge is 0.135 e. The Kier molecular flexibility index (Phi) is 7.33. The zero-order chi connectivity index (χ0) is 35.3. The predicted molar refractivity (Wildman–Crippen MR) is 220 cm³/mol. The lowest BCUT2D eigenvalue weighted by Crippen LogP contribution is -2.09. The van der Waals surface area contributed by atoms with E-state index in [1.165, 1.54) is 38.5 Å². The van der Waals surface area contributed by atoms with Crippen LogP contribution >= 0.6 is 0 Å². The number of fused-ring (bicyclic) bond motifs is 6. The van der Waals surface area contributed by atoms with Gasteiger partial charge in [0.25, 0.3) is 0 Å². The third-order valence-electron chi connectivity index (χ3n) is 10.3. The maximum atomic E-state index is 6.20. The molecule has 0 unspecified atom stereocenters. The maximum Gasteiger partial charge on any atom is 0.135 e. The van der Waals surface area contributed by atoms with E-state index < -0.39 is 0 Å². The summed E-state index contributed by atoms with van der Waals surface area (Å²) in [5, 5.41) is 4.66. The fourth-order valence-corrected chi connectivity index (χ4v) is 7.70. The minimum absolute atomic E-state index is 0.846. The van der Waals surface area contributed by atoms with Crippen molar-refractivity contribution in [3.8, 4) is 33.7 Å². The third kappa shape index (κ3) is 5.31. The molecule has 0 N–H and O–H groups in total. The van der Waals surface area contributed by atoms with Crippen LogP contribution in [0.3, 0.4) is 0 Å². The molecule has 0 radical (unpaired) electrons. The van der Waals surface area contributed by atoms with E-state index in [9.17, 15) is 0 Å². The van der Waals surface area contributed by atoms with Crippen molar-refractivity contribution >= 4 is 60.8 Å². The number of nitrogens with zero attached hydrogens (tertiary/aromatic N) is 2. The lowest BCUT2D eigenvalue weighted by atomic mass is 10.0. The van der Waals surface area contributed by atoms with Gasteiger partial charge in [-0.15, -0.1) is 0 Å². The number of para-hydroxylation sites is 2. The molecular formula is C49H34N2O2. The monoisotopic (exact) mass is 682 g/mol. The summed E-state index contributed by atoms with van der Waals surface area (Å²) in [6, 6.07) is 66.7. The molecule has 0 aliphatic heterocycles. The molecule has 10 aromatic rings. The summed E-state index contributed by atoms with van der Waals surface area (Å²) in [5.74, 6) is 0.846. The first-order chi connectivity index (χ1) is 26.2. The number of ether oxygens (including phenoxy) is 1. The van der Waals surface area contributed by atoms with Crippen LogP contribution in [0.4, 0.5) is 17.1 Å². The zero-order valence-corrected chi connectivity index (χ0v) is 29.1. The summed E-state index contributed by atoms with van der Waals surface area (Å²) >= 11 is 0. The summed E-state index contributed by atoms with van der Waals surface area (Å²) in [5.41, 5.74) is 13.2. The molecular weight excluding hydrogens is 649 g/mol. The second-order valence-electron chi connectivity index (χ2n) is 13.4. The number of furan rings is 1. The molecule has 0 bridgehead atoms. The van der Waals surface area contributed by atoms with E-state index in [-0.39, 0.29) is 0 Å². The lowest BCUT2D eigenvalue weighted by molar-refractivity contribution is 0.415. The number of hydrogen-bond acceptors (Lipinski definition) is 3. The Balaban J connectivity index is 1.06. The van der Waals surface area contributed by atoms with Gasteiger partial charge in [0.05, 0.1) is 18.1 Å². The first kappa shape index (κ1) is 30.8. The van der Waals surface area contributed by atoms with Crippen molar-refractivity contribution in [2.24, 2.45) is 0 Å². The molecule has 0 aliphatic carbocycles. The SMILES string of the molecule is COc1ccc(-n2c3ccccc3c3cc(-c4ccc(N(c5ccc(-c6ccccc6)cc5)c5ccc6oc7ccccc7c6c5)cc4)ccc32)cc1. The highest BCUT2D eigenvalue weighted by Gasteiger charge is 2.17. The van der Waals surface area contributed by atoms with Gasteiger partial charge in [-0.25, -0.2) is 0 Å². The molecule has 2 heterocycles. The summed E-state index contributed by atoms with van der Waals surface area (Å²) in [6.45, 7) is 0. The van der Waals surface area contributed by atoms with Gasteiger partial charge in [0.15, 0.2) is 0 Å². The van der Waals surface area contributed by atoms with Gasteiger partial charge < -0.3 is 18.6 Å². The van der Waals surface area contributed by atoms with Gasteiger partial charge in [-0.05, 0) is 113 Å². The molecule has 252 valence electrons. The molecule has 8 aromatic carbocycles. The quantitative estimate of drug-likeness (QED) is 0.168. The van der Waals surface area contributed by atoms with Crippen LogP contribution in [0, 0.1) is 0 Å². The number of rotatable bonds is 7. The topological polar surface area (TPSA) is 30.5 Å². The van der Waals surface area contributed by atoms with E-state index in [4.69, 9.17) is 9.15 Å². The molecule has 53 heavy (non-hydrogen) atoms. The molecule has 0 aliphatic rings. The molecule has 4 nitrogen and oxygen atoms in total. The standard InChI is InChI=1S/C49H34N2O2/c1-52-41-27-24-39(25-28-41)51-46-13-7-5-11-42(46)44-31-36(19-29-47(44)51)35-17-22-38(23-18-35)50(37-20-15-34(16-21-37)33-9-3-2-4-10-33)40-26-30-49-45(32-40)43-12-6-8-14-48(43)53-49/h2-32H,1H3. The average Bonchev–Trinajstić information content (AvgIpc) is 3.77. The molecule has 0 saturated heterocycles. The maximum absolute atomic E-state index is 6.20. The van der Waals surface area contributed by atoms with Crippen molar-refractivity contribution in [1.82, 2.24) is 4.57 Å². The molecule has 0 fully saturated rings. The summed E-state index contributed by atoms with van der Waals surface area (Å²) < 4.78 is 14.0. The number of aromatic nitrogens is 1. The van der Waals surface area contributed by atoms with Crippen molar-refractivity contribution in [2.75, 3.05) is 12.0 Å². The van der Waals surface area contributed by atoms with E-state index in [2.05, 4.69) is 173 Å². The number of anilines is 3. The Labute approximate surface area is 307 Å². The second-order valence-corrected chi connectivity index (χ2v) is 13.4.